The number of benzene rings is 1. The van der Waals surface area contributed by atoms with E-state index in [2.05, 4.69) is 36.3 Å². The van der Waals surface area contributed by atoms with Crippen LogP contribution in [0.3, 0.4) is 0 Å². The maximum atomic E-state index is 5.43. The van der Waals surface area contributed by atoms with Crippen molar-refractivity contribution >= 4 is 0 Å². The second-order valence-electron chi connectivity index (χ2n) is 5.58. The van der Waals surface area contributed by atoms with Crippen molar-refractivity contribution in [3.63, 3.8) is 0 Å². The zero-order valence-electron chi connectivity index (χ0n) is 11.7. The fourth-order valence-electron chi connectivity index (χ4n) is 3.10. The van der Waals surface area contributed by atoms with Gasteiger partial charge in [0.2, 0.25) is 6.79 Å². The van der Waals surface area contributed by atoms with E-state index < -0.39 is 0 Å². The molecule has 3 rings (SSSR count). The maximum absolute atomic E-state index is 5.43. The molecule has 1 aromatic rings. The van der Waals surface area contributed by atoms with Gasteiger partial charge in [-0.05, 0) is 43.6 Å². The van der Waals surface area contributed by atoms with Gasteiger partial charge in [0.15, 0.2) is 11.5 Å². The van der Waals surface area contributed by atoms with Crippen LogP contribution in [-0.4, -0.2) is 37.9 Å². The summed E-state index contributed by atoms with van der Waals surface area (Å²) in [5, 5.41) is 3.41. The Labute approximate surface area is 114 Å². The normalized spacial score (nSPS) is 26.6. The van der Waals surface area contributed by atoms with Crippen LogP contribution in [0.5, 0.6) is 11.5 Å². The van der Waals surface area contributed by atoms with Gasteiger partial charge in [-0.1, -0.05) is 13.0 Å². The van der Waals surface area contributed by atoms with E-state index in [-0.39, 0.29) is 0 Å². The zero-order valence-corrected chi connectivity index (χ0v) is 11.7. The second-order valence-corrected chi connectivity index (χ2v) is 5.58. The third-order valence-corrected chi connectivity index (χ3v) is 4.20. The predicted octanol–water partition coefficient (Wildman–Crippen LogP) is 1.85. The Bertz CT molecular complexity index is 450. The molecule has 1 N–H and O–H groups in total. The standard InChI is InChI=1S/C15H22N2O2/c1-11-8-17(6-5-13(11)16-2)9-12-3-4-14-15(7-12)19-10-18-14/h3-4,7,11,13,16H,5-6,8-10H2,1-2H3. The van der Waals surface area contributed by atoms with Crippen LogP contribution in [0, 0.1) is 5.92 Å². The van der Waals surface area contributed by atoms with Gasteiger partial charge in [-0.25, -0.2) is 0 Å². The molecule has 0 bridgehead atoms. The van der Waals surface area contributed by atoms with Crippen molar-refractivity contribution < 1.29 is 9.47 Å². The molecule has 2 heterocycles. The van der Waals surface area contributed by atoms with Gasteiger partial charge in [0.05, 0.1) is 0 Å². The summed E-state index contributed by atoms with van der Waals surface area (Å²) >= 11 is 0. The molecule has 0 spiro atoms. The fraction of sp³-hybridized carbons (Fsp3) is 0.600. The van der Waals surface area contributed by atoms with Gasteiger partial charge in [-0.2, -0.15) is 0 Å². The first kappa shape index (κ1) is 12.8. The highest BCUT2D eigenvalue weighted by Crippen LogP contribution is 2.33. The summed E-state index contributed by atoms with van der Waals surface area (Å²) in [5.41, 5.74) is 1.30. The summed E-state index contributed by atoms with van der Waals surface area (Å²) < 4.78 is 10.8. The number of fused-ring (bicyclic) bond motifs is 1. The van der Waals surface area contributed by atoms with Crippen LogP contribution in [0.4, 0.5) is 0 Å². The van der Waals surface area contributed by atoms with E-state index >= 15 is 0 Å². The third kappa shape index (κ3) is 2.69. The molecule has 104 valence electrons. The molecule has 2 aliphatic rings. The van der Waals surface area contributed by atoms with Gasteiger partial charge in [0, 0.05) is 19.1 Å². The molecule has 1 fully saturated rings. The molecular weight excluding hydrogens is 240 g/mol. The minimum atomic E-state index is 0.351. The largest absolute Gasteiger partial charge is 0.454 e. The molecule has 0 radical (unpaired) electrons. The highest BCUT2D eigenvalue weighted by Gasteiger charge is 2.25. The van der Waals surface area contributed by atoms with Gasteiger partial charge in [0.1, 0.15) is 0 Å². The lowest BCUT2D eigenvalue weighted by atomic mass is 9.94. The molecule has 0 aromatic heterocycles. The van der Waals surface area contributed by atoms with Crippen LogP contribution in [0.15, 0.2) is 18.2 Å². The van der Waals surface area contributed by atoms with Gasteiger partial charge < -0.3 is 14.8 Å². The predicted molar refractivity (Wildman–Crippen MR) is 74.5 cm³/mol. The van der Waals surface area contributed by atoms with Gasteiger partial charge in [-0.3, -0.25) is 4.90 Å². The van der Waals surface area contributed by atoms with Gasteiger partial charge in [-0.15, -0.1) is 0 Å². The Hall–Kier alpha value is -1.26. The van der Waals surface area contributed by atoms with E-state index in [1.54, 1.807) is 0 Å². The number of hydrogen-bond acceptors (Lipinski definition) is 4. The smallest absolute Gasteiger partial charge is 0.231 e. The Morgan fingerprint density at radius 3 is 2.95 bits per heavy atom. The summed E-state index contributed by atoms with van der Waals surface area (Å²) in [4.78, 5) is 2.52. The lowest BCUT2D eigenvalue weighted by Gasteiger charge is -2.36. The number of nitrogens with zero attached hydrogens (tertiary/aromatic N) is 1. The fourth-order valence-corrected chi connectivity index (χ4v) is 3.10. The SMILES string of the molecule is CNC1CCN(Cc2ccc3c(c2)OCO3)CC1C. The number of likely N-dealkylation sites (tertiary alicyclic amines) is 1. The van der Waals surface area contributed by atoms with E-state index in [4.69, 9.17) is 9.47 Å². The molecule has 2 atom stereocenters. The minimum Gasteiger partial charge on any atom is -0.454 e. The second kappa shape index (κ2) is 5.39. The van der Waals surface area contributed by atoms with E-state index in [0.717, 1.165) is 31.1 Å². The molecule has 0 aliphatic carbocycles. The van der Waals surface area contributed by atoms with Crippen molar-refractivity contribution in [2.45, 2.75) is 25.9 Å². The minimum absolute atomic E-state index is 0.351. The summed E-state index contributed by atoms with van der Waals surface area (Å²) in [6, 6.07) is 6.93. The van der Waals surface area contributed by atoms with Crippen molar-refractivity contribution in [3.8, 4) is 11.5 Å². The van der Waals surface area contributed by atoms with E-state index in [0.29, 0.717) is 18.8 Å². The van der Waals surface area contributed by atoms with Crippen molar-refractivity contribution in [2.75, 3.05) is 26.9 Å². The lowest BCUT2D eigenvalue weighted by molar-refractivity contribution is 0.145. The van der Waals surface area contributed by atoms with Crippen LogP contribution in [0.1, 0.15) is 18.9 Å². The van der Waals surface area contributed by atoms with Crippen LogP contribution >= 0.6 is 0 Å². The number of hydrogen-bond donors (Lipinski definition) is 1. The summed E-state index contributed by atoms with van der Waals surface area (Å²) in [6.45, 7) is 5.98. The highest BCUT2D eigenvalue weighted by molar-refractivity contribution is 5.44. The summed E-state index contributed by atoms with van der Waals surface area (Å²) in [6.07, 6.45) is 1.22. The molecule has 4 heteroatoms. The number of nitrogens with one attached hydrogen (secondary N) is 1. The average molecular weight is 262 g/mol. The Balaban J connectivity index is 1.63. The maximum Gasteiger partial charge on any atom is 0.231 e. The quantitative estimate of drug-likeness (QED) is 0.901. The van der Waals surface area contributed by atoms with Crippen LogP contribution in [0.2, 0.25) is 0 Å². The zero-order chi connectivity index (χ0) is 13.2. The molecule has 2 unspecified atom stereocenters. The lowest BCUT2D eigenvalue weighted by Crippen LogP contribution is -2.46. The number of ether oxygens (including phenoxy) is 2. The van der Waals surface area contributed by atoms with E-state index in [1.807, 2.05) is 6.07 Å². The average Bonchev–Trinajstić information content (AvgIpc) is 2.86. The molecule has 4 nitrogen and oxygen atoms in total. The molecular formula is C15H22N2O2. The Morgan fingerprint density at radius 2 is 2.16 bits per heavy atom. The molecule has 0 saturated carbocycles. The molecule has 2 aliphatic heterocycles. The van der Waals surface area contributed by atoms with Crippen LogP contribution in [0.25, 0.3) is 0 Å². The van der Waals surface area contributed by atoms with Crippen molar-refractivity contribution in [2.24, 2.45) is 5.92 Å². The monoisotopic (exact) mass is 262 g/mol. The van der Waals surface area contributed by atoms with Crippen molar-refractivity contribution in [1.82, 2.24) is 10.2 Å². The van der Waals surface area contributed by atoms with Gasteiger partial charge >= 0.3 is 0 Å². The summed E-state index contributed by atoms with van der Waals surface area (Å²) in [7, 11) is 2.06. The first-order valence-corrected chi connectivity index (χ1v) is 7.04. The number of piperidine rings is 1. The van der Waals surface area contributed by atoms with Crippen molar-refractivity contribution in [1.29, 1.82) is 0 Å². The van der Waals surface area contributed by atoms with Gasteiger partial charge in [0.25, 0.3) is 0 Å². The molecule has 1 aromatic carbocycles. The third-order valence-electron chi connectivity index (χ3n) is 4.20. The highest BCUT2D eigenvalue weighted by atomic mass is 16.7. The Kier molecular flexibility index (Phi) is 3.62. The topological polar surface area (TPSA) is 33.7 Å². The molecule has 0 amide bonds. The van der Waals surface area contributed by atoms with Crippen LogP contribution < -0.4 is 14.8 Å². The molecule has 1 saturated heterocycles. The van der Waals surface area contributed by atoms with E-state index in [9.17, 15) is 0 Å². The first-order chi connectivity index (χ1) is 9.26. The van der Waals surface area contributed by atoms with Crippen LogP contribution in [-0.2, 0) is 6.54 Å². The molecule has 19 heavy (non-hydrogen) atoms. The number of rotatable bonds is 3. The Morgan fingerprint density at radius 1 is 1.32 bits per heavy atom. The summed E-state index contributed by atoms with van der Waals surface area (Å²) in [5.74, 6) is 2.45. The van der Waals surface area contributed by atoms with Crippen molar-refractivity contribution in [3.05, 3.63) is 23.8 Å². The first-order valence-electron chi connectivity index (χ1n) is 7.04. The van der Waals surface area contributed by atoms with E-state index in [1.165, 1.54) is 12.0 Å².